The number of amides is 2. The van der Waals surface area contributed by atoms with E-state index in [0.717, 1.165) is 0 Å². The maximum absolute atomic E-state index is 12.4. The van der Waals surface area contributed by atoms with E-state index >= 15 is 0 Å². The first kappa shape index (κ1) is 14.5. The first-order chi connectivity index (χ1) is 10.6. The summed E-state index contributed by atoms with van der Waals surface area (Å²) in [5.41, 5.74) is 0.555. The van der Waals surface area contributed by atoms with Crippen LogP contribution in [0.25, 0.3) is 0 Å². The highest BCUT2D eigenvalue weighted by Crippen LogP contribution is 2.37. The molecule has 0 radical (unpaired) electrons. The van der Waals surface area contributed by atoms with Gasteiger partial charge in [0, 0.05) is 0 Å². The molecule has 0 bridgehead atoms. The number of allylic oxidation sites excluding steroid dienone is 2. The smallest absolute Gasteiger partial charge is 0.238 e. The third-order valence-electron chi connectivity index (χ3n) is 4.04. The van der Waals surface area contributed by atoms with Gasteiger partial charge >= 0.3 is 0 Å². The lowest BCUT2D eigenvalue weighted by atomic mass is 9.85. The van der Waals surface area contributed by atoms with E-state index in [-0.39, 0.29) is 36.0 Å². The molecule has 1 aromatic rings. The van der Waals surface area contributed by atoms with Crippen LogP contribution in [-0.4, -0.2) is 24.2 Å². The second kappa shape index (κ2) is 5.75. The van der Waals surface area contributed by atoms with Crippen LogP contribution in [0.15, 0.2) is 36.4 Å². The molecule has 1 fully saturated rings. The summed E-state index contributed by atoms with van der Waals surface area (Å²) in [6.07, 6.45) is 5.19. The molecule has 1 aliphatic carbocycles. The Morgan fingerprint density at radius 3 is 2.14 bits per heavy atom. The van der Waals surface area contributed by atoms with E-state index in [1.807, 2.05) is 12.2 Å². The number of carbonyl (C=O) groups is 3. The fraction of sp³-hybridized carbons (Fsp3) is 0.353. The number of nitrogens with zero attached hydrogens (tertiary/aromatic N) is 1. The van der Waals surface area contributed by atoms with Crippen LogP contribution in [0.4, 0.5) is 5.69 Å². The number of carbonyl (C=O) groups excluding carboxylic acids is 3. The monoisotopic (exact) mass is 299 g/mol. The first-order valence-electron chi connectivity index (χ1n) is 7.33. The first-order valence-corrected chi connectivity index (χ1v) is 7.33. The number of hydrogen-bond donors (Lipinski definition) is 0. The molecule has 0 N–H and O–H groups in total. The van der Waals surface area contributed by atoms with Crippen LogP contribution in [0.2, 0.25) is 0 Å². The van der Waals surface area contributed by atoms with Crippen molar-refractivity contribution in [1.29, 1.82) is 0 Å². The second-order valence-electron chi connectivity index (χ2n) is 5.65. The SMILES string of the molecule is CC(=O)COc1ccc(N2C(=O)C3CC=CCC3C2=O)cc1. The Labute approximate surface area is 128 Å². The molecular weight excluding hydrogens is 282 g/mol. The standard InChI is InChI=1S/C17H17NO4/c1-11(19)10-22-13-8-6-12(7-9-13)18-16(20)14-4-2-3-5-15(14)17(18)21/h2-3,6-9,14-15H,4-5,10H2,1H3. The fourth-order valence-electron chi connectivity index (χ4n) is 2.93. The number of hydrogen-bond acceptors (Lipinski definition) is 4. The molecule has 5 nitrogen and oxygen atoms in total. The van der Waals surface area contributed by atoms with Crippen molar-refractivity contribution < 1.29 is 19.1 Å². The van der Waals surface area contributed by atoms with Gasteiger partial charge < -0.3 is 4.74 Å². The molecule has 114 valence electrons. The number of fused-ring (bicyclic) bond motifs is 1. The Kier molecular flexibility index (Phi) is 3.79. The zero-order valence-electron chi connectivity index (χ0n) is 12.3. The summed E-state index contributed by atoms with van der Waals surface area (Å²) >= 11 is 0. The maximum Gasteiger partial charge on any atom is 0.238 e. The van der Waals surface area contributed by atoms with Gasteiger partial charge in [-0.15, -0.1) is 0 Å². The summed E-state index contributed by atoms with van der Waals surface area (Å²) in [7, 11) is 0. The Bertz CT molecular complexity index is 621. The molecule has 0 spiro atoms. The van der Waals surface area contributed by atoms with Crippen LogP contribution in [-0.2, 0) is 14.4 Å². The number of Topliss-reactive ketones (excluding diaryl/α,β-unsaturated/α-hetero) is 1. The van der Waals surface area contributed by atoms with Crippen LogP contribution >= 0.6 is 0 Å². The minimum absolute atomic E-state index is 0.0107. The number of benzene rings is 1. The van der Waals surface area contributed by atoms with Crippen LogP contribution < -0.4 is 9.64 Å². The quantitative estimate of drug-likeness (QED) is 0.631. The number of ketones is 1. The molecular formula is C17H17NO4. The highest BCUT2D eigenvalue weighted by Gasteiger charge is 2.47. The van der Waals surface area contributed by atoms with Crippen molar-refractivity contribution in [3.8, 4) is 5.75 Å². The zero-order chi connectivity index (χ0) is 15.7. The molecule has 2 atom stereocenters. The van der Waals surface area contributed by atoms with Crippen molar-refractivity contribution in [3.05, 3.63) is 36.4 Å². The zero-order valence-corrected chi connectivity index (χ0v) is 12.3. The average Bonchev–Trinajstić information content (AvgIpc) is 2.78. The predicted molar refractivity (Wildman–Crippen MR) is 80.5 cm³/mol. The second-order valence-corrected chi connectivity index (χ2v) is 5.65. The van der Waals surface area contributed by atoms with Gasteiger partial charge in [0.15, 0.2) is 5.78 Å². The van der Waals surface area contributed by atoms with E-state index in [4.69, 9.17) is 4.74 Å². The van der Waals surface area contributed by atoms with Gasteiger partial charge in [0.1, 0.15) is 12.4 Å². The summed E-state index contributed by atoms with van der Waals surface area (Å²) in [5, 5.41) is 0. The Hall–Kier alpha value is -2.43. The van der Waals surface area contributed by atoms with Crippen LogP contribution in [0, 0.1) is 11.8 Å². The molecule has 1 aliphatic heterocycles. The lowest BCUT2D eigenvalue weighted by molar-refractivity contribution is -0.122. The Morgan fingerprint density at radius 2 is 1.64 bits per heavy atom. The van der Waals surface area contributed by atoms with E-state index in [1.165, 1.54) is 11.8 Å². The number of ether oxygens (including phenoxy) is 1. The largest absolute Gasteiger partial charge is 0.486 e. The fourth-order valence-corrected chi connectivity index (χ4v) is 2.93. The van der Waals surface area contributed by atoms with E-state index in [2.05, 4.69) is 0 Å². The molecule has 5 heteroatoms. The summed E-state index contributed by atoms with van der Waals surface area (Å²) in [6.45, 7) is 1.46. The highest BCUT2D eigenvalue weighted by molar-refractivity contribution is 6.22. The van der Waals surface area contributed by atoms with Gasteiger partial charge in [-0.05, 0) is 44.0 Å². The van der Waals surface area contributed by atoms with Crippen LogP contribution in [0.5, 0.6) is 5.75 Å². The lowest BCUT2D eigenvalue weighted by Gasteiger charge is -2.15. The summed E-state index contributed by atoms with van der Waals surface area (Å²) < 4.78 is 5.29. The van der Waals surface area contributed by atoms with Gasteiger partial charge in [-0.2, -0.15) is 0 Å². The van der Waals surface area contributed by atoms with Gasteiger partial charge in [-0.1, -0.05) is 12.2 Å². The predicted octanol–water partition coefficient (Wildman–Crippen LogP) is 2.11. The van der Waals surface area contributed by atoms with Crippen molar-refractivity contribution >= 4 is 23.3 Å². The van der Waals surface area contributed by atoms with Gasteiger partial charge in [0.2, 0.25) is 11.8 Å². The topological polar surface area (TPSA) is 63.7 Å². The normalized spacial score (nSPS) is 23.6. The third-order valence-corrected chi connectivity index (χ3v) is 4.04. The Balaban J connectivity index is 1.78. The minimum Gasteiger partial charge on any atom is -0.486 e. The van der Waals surface area contributed by atoms with Gasteiger partial charge in [-0.25, -0.2) is 0 Å². The van der Waals surface area contributed by atoms with E-state index in [0.29, 0.717) is 24.3 Å². The van der Waals surface area contributed by atoms with Gasteiger partial charge in [0.05, 0.1) is 17.5 Å². The number of rotatable bonds is 4. The van der Waals surface area contributed by atoms with E-state index in [1.54, 1.807) is 24.3 Å². The number of imide groups is 1. The maximum atomic E-state index is 12.4. The molecule has 1 heterocycles. The molecule has 3 rings (SSSR count). The van der Waals surface area contributed by atoms with Crippen LogP contribution in [0.3, 0.4) is 0 Å². The molecule has 22 heavy (non-hydrogen) atoms. The number of anilines is 1. The van der Waals surface area contributed by atoms with Crippen molar-refractivity contribution in [2.45, 2.75) is 19.8 Å². The molecule has 2 aliphatic rings. The van der Waals surface area contributed by atoms with Crippen molar-refractivity contribution in [1.82, 2.24) is 0 Å². The lowest BCUT2D eigenvalue weighted by Crippen LogP contribution is -2.30. The summed E-state index contributed by atoms with van der Waals surface area (Å²) in [6, 6.07) is 6.68. The van der Waals surface area contributed by atoms with E-state index < -0.39 is 0 Å². The molecule has 1 aromatic carbocycles. The molecule has 2 unspecified atom stereocenters. The summed E-state index contributed by atoms with van der Waals surface area (Å²) in [4.78, 5) is 37.1. The minimum atomic E-state index is -0.230. The van der Waals surface area contributed by atoms with Crippen molar-refractivity contribution in [2.75, 3.05) is 11.5 Å². The van der Waals surface area contributed by atoms with E-state index in [9.17, 15) is 14.4 Å². The highest BCUT2D eigenvalue weighted by atomic mass is 16.5. The van der Waals surface area contributed by atoms with Crippen LogP contribution in [0.1, 0.15) is 19.8 Å². The third kappa shape index (κ3) is 2.54. The van der Waals surface area contributed by atoms with Gasteiger partial charge in [-0.3, -0.25) is 19.3 Å². The van der Waals surface area contributed by atoms with Crippen molar-refractivity contribution in [3.63, 3.8) is 0 Å². The summed E-state index contributed by atoms with van der Waals surface area (Å²) in [5.74, 6) is -0.242. The molecule has 0 aromatic heterocycles. The Morgan fingerprint density at radius 1 is 1.09 bits per heavy atom. The molecule has 1 saturated heterocycles. The molecule has 2 amide bonds. The average molecular weight is 299 g/mol. The molecule has 0 saturated carbocycles. The van der Waals surface area contributed by atoms with Gasteiger partial charge in [0.25, 0.3) is 0 Å². The van der Waals surface area contributed by atoms with Crippen molar-refractivity contribution in [2.24, 2.45) is 11.8 Å².